The number of nitrogens with zero attached hydrogens (tertiary/aromatic N) is 1. The summed E-state index contributed by atoms with van der Waals surface area (Å²) >= 11 is 0. The molecular formula is C21H21F8NO2. The average molecular weight is 471 g/mol. The monoisotopic (exact) mass is 471 g/mol. The number of rotatable bonds is 2. The minimum Gasteiger partial charge on any atom is -0.381 e. The van der Waals surface area contributed by atoms with Crippen LogP contribution < -0.4 is 0 Å². The molecule has 2 unspecified atom stereocenters. The molecule has 0 aromatic heterocycles. The molecule has 2 aliphatic heterocycles. The summed E-state index contributed by atoms with van der Waals surface area (Å²) in [5.74, 6) is -1.00. The fourth-order valence-corrected chi connectivity index (χ4v) is 5.18. The largest absolute Gasteiger partial charge is 0.435 e. The summed E-state index contributed by atoms with van der Waals surface area (Å²) < 4.78 is 113. The predicted molar refractivity (Wildman–Crippen MR) is 96.4 cm³/mol. The minimum atomic E-state index is -6.17. The Morgan fingerprint density at radius 1 is 1.00 bits per heavy atom. The molecule has 0 bridgehead atoms. The molecule has 1 aromatic carbocycles. The lowest BCUT2D eigenvalue weighted by Gasteiger charge is -2.38. The number of benzene rings is 1. The number of carbonyl (C=O) groups is 1. The topological polar surface area (TPSA) is 29.5 Å². The van der Waals surface area contributed by atoms with E-state index in [9.17, 15) is 35.5 Å². The van der Waals surface area contributed by atoms with E-state index >= 15 is 4.39 Å². The summed E-state index contributed by atoms with van der Waals surface area (Å²) in [5.41, 5.74) is -8.36. The second-order valence-electron chi connectivity index (χ2n) is 8.65. The van der Waals surface area contributed by atoms with Crippen molar-refractivity contribution in [2.24, 2.45) is 0 Å². The van der Waals surface area contributed by atoms with Crippen molar-refractivity contribution in [1.29, 1.82) is 0 Å². The van der Waals surface area contributed by atoms with Crippen LogP contribution in [0.25, 0.3) is 0 Å². The Balaban J connectivity index is 1.62. The highest BCUT2D eigenvalue weighted by atomic mass is 19.4. The standard InChI is InChI=1S/C21H21F8NO2/c22-18(6-9-32-10-7-18)17(31)30-8-5-15-14-3-2-13(11-12(14)1-4-16(15)30)19(23,20(24,25)26)21(27,28)29/h2-3,11,15-16H,1,4-10H2. The van der Waals surface area contributed by atoms with E-state index in [4.69, 9.17) is 4.74 Å². The molecule has 178 valence electrons. The molecule has 3 aliphatic rings. The van der Waals surface area contributed by atoms with Gasteiger partial charge in [-0.2, -0.15) is 26.3 Å². The van der Waals surface area contributed by atoms with E-state index in [2.05, 4.69) is 0 Å². The number of hydrogen-bond acceptors (Lipinski definition) is 2. The number of likely N-dealkylation sites (tertiary alicyclic amines) is 1. The van der Waals surface area contributed by atoms with Crippen molar-refractivity contribution in [1.82, 2.24) is 4.90 Å². The summed E-state index contributed by atoms with van der Waals surface area (Å²) in [6.07, 6.45) is -11.8. The highest BCUT2D eigenvalue weighted by Gasteiger charge is 2.73. The number of amides is 1. The molecule has 2 fully saturated rings. The first-order valence-electron chi connectivity index (χ1n) is 10.3. The normalized spacial score (nSPS) is 25.9. The molecule has 0 N–H and O–H groups in total. The summed E-state index contributed by atoms with van der Waals surface area (Å²) in [5, 5.41) is 0. The Bertz CT molecular complexity index is 877. The van der Waals surface area contributed by atoms with Gasteiger partial charge in [-0.25, -0.2) is 8.78 Å². The van der Waals surface area contributed by atoms with Crippen LogP contribution in [0.5, 0.6) is 0 Å². The second-order valence-corrected chi connectivity index (χ2v) is 8.65. The SMILES string of the molecule is O=C(N1CCC2c3ccc(C(F)(C(F)(F)F)C(F)(F)F)cc3CCC21)C1(F)CCOCC1. The molecule has 3 nitrogen and oxygen atoms in total. The summed E-state index contributed by atoms with van der Waals surface area (Å²) in [6.45, 7) is 0.485. The first kappa shape index (κ1) is 23.3. The van der Waals surface area contributed by atoms with Crippen molar-refractivity contribution >= 4 is 5.91 Å². The molecule has 0 saturated carbocycles. The number of aryl methyl sites for hydroxylation is 1. The Kier molecular flexibility index (Phi) is 5.50. The average Bonchev–Trinajstić information content (AvgIpc) is 3.15. The fourth-order valence-electron chi connectivity index (χ4n) is 5.18. The van der Waals surface area contributed by atoms with Gasteiger partial charge in [-0.3, -0.25) is 4.79 Å². The lowest BCUT2D eigenvalue weighted by molar-refractivity contribution is -0.348. The quantitative estimate of drug-likeness (QED) is 0.561. The third-order valence-electron chi connectivity index (χ3n) is 6.91. The van der Waals surface area contributed by atoms with Gasteiger partial charge in [0.2, 0.25) is 0 Å². The first-order valence-corrected chi connectivity index (χ1v) is 10.3. The van der Waals surface area contributed by atoms with Crippen molar-refractivity contribution in [3.8, 4) is 0 Å². The van der Waals surface area contributed by atoms with Crippen molar-refractivity contribution in [3.05, 3.63) is 34.9 Å². The highest BCUT2D eigenvalue weighted by molar-refractivity contribution is 5.86. The van der Waals surface area contributed by atoms with E-state index in [0.29, 0.717) is 24.1 Å². The highest BCUT2D eigenvalue weighted by Crippen LogP contribution is 2.54. The Morgan fingerprint density at radius 2 is 1.62 bits per heavy atom. The molecule has 0 spiro atoms. The first-order chi connectivity index (χ1) is 14.8. The number of hydrogen-bond donors (Lipinski definition) is 0. The van der Waals surface area contributed by atoms with Gasteiger partial charge in [0, 0.05) is 36.9 Å². The minimum absolute atomic E-state index is 0.0578. The fraction of sp³-hybridized carbons (Fsp3) is 0.667. The maximum Gasteiger partial charge on any atom is 0.435 e. The zero-order valence-electron chi connectivity index (χ0n) is 16.8. The number of alkyl halides is 8. The second kappa shape index (κ2) is 7.56. The number of carbonyl (C=O) groups excluding carboxylic acids is 1. The van der Waals surface area contributed by atoms with Crippen LogP contribution in [0.3, 0.4) is 0 Å². The zero-order chi connectivity index (χ0) is 23.5. The molecule has 2 atom stereocenters. The van der Waals surface area contributed by atoms with Crippen molar-refractivity contribution < 1.29 is 44.7 Å². The molecule has 1 amide bonds. The van der Waals surface area contributed by atoms with Crippen molar-refractivity contribution in [2.75, 3.05) is 19.8 Å². The van der Waals surface area contributed by atoms with E-state index in [1.165, 1.54) is 4.90 Å². The molecule has 1 aliphatic carbocycles. The van der Waals surface area contributed by atoms with Gasteiger partial charge < -0.3 is 9.64 Å². The lowest BCUT2D eigenvalue weighted by Crippen LogP contribution is -2.52. The maximum atomic E-state index is 15.2. The molecule has 4 rings (SSSR count). The molecule has 32 heavy (non-hydrogen) atoms. The molecule has 1 aromatic rings. The summed E-state index contributed by atoms with van der Waals surface area (Å²) in [7, 11) is 0. The van der Waals surface area contributed by atoms with Crippen LogP contribution in [0.15, 0.2) is 18.2 Å². The third kappa shape index (κ3) is 3.47. The Labute approximate surface area is 178 Å². The van der Waals surface area contributed by atoms with Gasteiger partial charge in [-0.05, 0) is 30.4 Å². The smallest absolute Gasteiger partial charge is 0.381 e. The van der Waals surface area contributed by atoms with E-state index in [0.717, 1.165) is 6.07 Å². The van der Waals surface area contributed by atoms with Crippen LogP contribution in [0, 0.1) is 0 Å². The van der Waals surface area contributed by atoms with E-state index in [1.807, 2.05) is 0 Å². The van der Waals surface area contributed by atoms with Gasteiger partial charge in [0.05, 0.1) is 13.2 Å². The third-order valence-corrected chi connectivity index (χ3v) is 6.91. The van der Waals surface area contributed by atoms with Gasteiger partial charge in [0.25, 0.3) is 5.91 Å². The van der Waals surface area contributed by atoms with Crippen molar-refractivity contribution in [2.45, 2.75) is 67.8 Å². The number of ether oxygens (including phenoxy) is 1. The van der Waals surface area contributed by atoms with Gasteiger partial charge in [-0.15, -0.1) is 0 Å². The van der Waals surface area contributed by atoms with Crippen LogP contribution in [-0.2, 0) is 21.6 Å². The molecule has 11 heteroatoms. The van der Waals surface area contributed by atoms with Gasteiger partial charge in [-0.1, -0.05) is 18.2 Å². The van der Waals surface area contributed by atoms with E-state index < -0.39 is 41.2 Å². The lowest BCUT2D eigenvalue weighted by atomic mass is 9.77. The van der Waals surface area contributed by atoms with E-state index in [1.54, 1.807) is 0 Å². The Hall–Kier alpha value is -1.91. The van der Waals surface area contributed by atoms with Crippen molar-refractivity contribution in [3.63, 3.8) is 0 Å². The molecule has 2 heterocycles. The van der Waals surface area contributed by atoms with Gasteiger partial charge in [0.15, 0.2) is 5.67 Å². The van der Waals surface area contributed by atoms with Crippen LogP contribution in [-0.4, -0.2) is 54.6 Å². The predicted octanol–water partition coefficient (Wildman–Crippen LogP) is 5.13. The molecule has 0 radical (unpaired) electrons. The van der Waals surface area contributed by atoms with E-state index in [-0.39, 0.29) is 56.9 Å². The summed E-state index contributed by atoms with van der Waals surface area (Å²) in [6, 6.07) is 1.83. The summed E-state index contributed by atoms with van der Waals surface area (Å²) in [4.78, 5) is 14.3. The number of fused-ring (bicyclic) bond motifs is 3. The van der Waals surface area contributed by atoms with Crippen LogP contribution in [0.1, 0.15) is 48.3 Å². The van der Waals surface area contributed by atoms with Crippen LogP contribution in [0.2, 0.25) is 0 Å². The zero-order valence-corrected chi connectivity index (χ0v) is 16.8. The maximum absolute atomic E-state index is 15.2. The number of halogens is 8. The van der Waals surface area contributed by atoms with Crippen LogP contribution in [0.4, 0.5) is 35.1 Å². The van der Waals surface area contributed by atoms with Crippen LogP contribution >= 0.6 is 0 Å². The van der Waals surface area contributed by atoms with Gasteiger partial charge >= 0.3 is 18.0 Å². The Morgan fingerprint density at radius 3 is 2.22 bits per heavy atom. The molecular weight excluding hydrogens is 450 g/mol. The molecule has 2 saturated heterocycles. The van der Waals surface area contributed by atoms with Gasteiger partial charge in [0.1, 0.15) is 0 Å².